The zero-order chi connectivity index (χ0) is 12.2. The first-order valence-corrected chi connectivity index (χ1v) is 7.39. The van der Waals surface area contributed by atoms with Gasteiger partial charge in [0.1, 0.15) is 0 Å². The van der Waals surface area contributed by atoms with E-state index in [9.17, 15) is 25.4 Å². The fourth-order valence-electron chi connectivity index (χ4n) is 1.18. The Labute approximate surface area is 89.8 Å². The van der Waals surface area contributed by atoms with Gasteiger partial charge in [0.25, 0.3) is 0 Å². The van der Waals surface area contributed by atoms with Crippen molar-refractivity contribution in [2.45, 2.75) is 0 Å². The molecule has 0 aromatic heterocycles. The summed E-state index contributed by atoms with van der Waals surface area (Å²) in [6, 6.07) is 0. The molecular weight excluding hydrogens is 351 g/mol. The van der Waals surface area contributed by atoms with Crippen LogP contribution in [-0.2, 0) is 6.14 Å². The number of carbonyl (C=O) groups excluding carboxylic acids is 1. The van der Waals surface area contributed by atoms with Crippen LogP contribution >= 0.6 is 19.3 Å². The molecule has 0 saturated carbocycles. The first-order valence-electron chi connectivity index (χ1n) is 3.58. The van der Waals surface area contributed by atoms with Crippen LogP contribution in [0.4, 0.5) is 17.6 Å². The van der Waals surface area contributed by atoms with Crippen molar-refractivity contribution in [1.29, 1.82) is 0 Å². The average molecular weight is 352 g/mol. The van der Waals surface area contributed by atoms with Crippen LogP contribution in [0.2, 0.25) is 0 Å². The summed E-state index contributed by atoms with van der Waals surface area (Å²) < 4.78 is 74.2. The fraction of sp³-hybridized carbons (Fsp3) is 0. The molecule has 1 N–H and O–H groups in total. The van der Waals surface area contributed by atoms with Gasteiger partial charge in [-0.15, -0.1) is 0 Å². The molecule has 0 bridgehead atoms. The molecule has 16 heavy (non-hydrogen) atoms. The summed E-state index contributed by atoms with van der Waals surface area (Å²) in [7, 11) is 0. The monoisotopic (exact) mass is 352 g/mol. The van der Waals surface area contributed by atoms with Crippen LogP contribution in [0.3, 0.4) is 0 Å². The number of fused-ring (bicyclic) bond motifs is 1. The van der Waals surface area contributed by atoms with Gasteiger partial charge in [-0.2, -0.15) is 0 Å². The summed E-state index contributed by atoms with van der Waals surface area (Å²) in [5, 5.41) is 0. The summed E-state index contributed by atoms with van der Waals surface area (Å²) >= 11 is -5.72. The number of carbonyl (C=O) groups is 1. The van der Waals surface area contributed by atoms with E-state index in [-0.39, 0.29) is 0 Å². The topological polar surface area (TPSA) is 63.6 Å². The third-order valence-corrected chi connectivity index (χ3v) is 5.20. The maximum atomic E-state index is 13.1. The van der Waals surface area contributed by atoms with Crippen molar-refractivity contribution in [3.8, 4) is 0 Å². The summed E-state index contributed by atoms with van der Waals surface area (Å²) in [6.07, 6.45) is 0. The van der Waals surface area contributed by atoms with Crippen LogP contribution in [0, 0.1) is 26.8 Å². The van der Waals surface area contributed by atoms with Crippen molar-refractivity contribution in [1.82, 2.24) is 0 Å². The molecule has 1 atom stereocenters. The number of benzene rings is 1. The third kappa shape index (κ3) is 1.27. The molecule has 1 aliphatic heterocycles. The molecule has 0 fully saturated rings. The third-order valence-electron chi connectivity index (χ3n) is 1.83. The van der Waals surface area contributed by atoms with Crippen molar-refractivity contribution < 1.29 is 31.9 Å². The minimum absolute atomic E-state index is 1.36. The van der Waals surface area contributed by atoms with Gasteiger partial charge in [0.2, 0.25) is 0 Å². The van der Waals surface area contributed by atoms with Crippen LogP contribution < -0.4 is 0 Å². The van der Waals surface area contributed by atoms with Gasteiger partial charge >= 0.3 is 89.5 Å². The molecule has 4 nitrogen and oxygen atoms in total. The molecule has 1 aromatic carbocycles. The number of rotatable bonds is 0. The Morgan fingerprint density at radius 3 is 2.06 bits per heavy atom. The predicted octanol–water partition coefficient (Wildman–Crippen LogP) is 1.79. The molecule has 1 unspecified atom stereocenters. The van der Waals surface area contributed by atoms with E-state index in [1.54, 1.807) is 0 Å². The first-order chi connectivity index (χ1) is 7.27. The summed E-state index contributed by atoms with van der Waals surface area (Å²) in [6.45, 7) is 0. The molecular formula is C7HF4IO4. The van der Waals surface area contributed by atoms with Gasteiger partial charge in [0, 0.05) is 0 Å². The van der Waals surface area contributed by atoms with Crippen molar-refractivity contribution >= 4 is 25.2 Å². The zero-order valence-corrected chi connectivity index (χ0v) is 9.22. The Hall–Kier alpha value is -1.10. The van der Waals surface area contributed by atoms with Gasteiger partial charge in [-0.25, -0.2) is 0 Å². The standard InChI is InChI=1S/C7HF4IO4/c8-2-1-6(5(11)4(10)3(2)9)12(14,15)16-7(1)13/h(H,14,15). The van der Waals surface area contributed by atoms with Crippen molar-refractivity contribution in [3.05, 3.63) is 32.4 Å². The van der Waals surface area contributed by atoms with E-state index in [2.05, 4.69) is 3.07 Å². The Balaban J connectivity index is 2.97. The molecule has 0 aliphatic carbocycles. The van der Waals surface area contributed by atoms with E-state index in [1.807, 2.05) is 0 Å². The second-order valence-corrected chi connectivity index (χ2v) is 6.78. The van der Waals surface area contributed by atoms with Crippen molar-refractivity contribution in [2.24, 2.45) is 0 Å². The van der Waals surface area contributed by atoms with E-state index in [1.165, 1.54) is 0 Å². The predicted molar refractivity (Wildman–Crippen MR) is 47.3 cm³/mol. The van der Waals surface area contributed by atoms with Crippen LogP contribution in [0.15, 0.2) is 0 Å². The van der Waals surface area contributed by atoms with Crippen LogP contribution in [0.5, 0.6) is 0 Å². The first kappa shape index (κ1) is 11.4. The average Bonchev–Trinajstić information content (AvgIpc) is 2.42. The van der Waals surface area contributed by atoms with Gasteiger partial charge in [0.15, 0.2) is 0 Å². The SMILES string of the molecule is O=C1OI(=O)(O)c2c(F)c(F)c(F)c(F)c21. The van der Waals surface area contributed by atoms with Gasteiger partial charge in [-0.1, -0.05) is 0 Å². The van der Waals surface area contributed by atoms with E-state index >= 15 is 0 Å². The maximum absolute atomic E-state index is 13.1. The Morgan fingerprint density at radius 2 is 1.50 bits per heavy atom. The van der Waals surface area contributed by atoms with Gasteiger partial charge in [0.05, 0.1) is 0 Å². The Bertz CT molecular complexity index is 570. The van der Waals surface area contributed by atoms with E-state index in [4.69, 9.17) is 3.44 Å². The molecule has 0 amide bonds. The second kappa shape index (κ2) is 3.20. The van der Waals surface area contributed by atoms with Crippen LogP contribution in [0.25, 0.3) is 0 Å². The molecule has 1 heterocycles. The van der Waals surface area contributed by atoms with Gasteiger partial charge in [-0.05, 0) is 0 Å². The quantitative estimate of drug-likeness (QED) is 0.335. The van der Waals surface area contributed by atoms with Gasteiger partial charge < -0.3 is 0 Å². The molecule has 0 spiro atoms. The molecule has 1 aliphatic rings. The molecule has 88 valence electrons. The molecule has 9 heteroatoms. The molecule has 0 radical (unpaired) electrons. The Morgan fingerprint density at radius 1 is 1.00 bits per heavy atom. The number of hydrogen-bond acceptors (Lipinski definition) is 3. The van der Waals surface area contributed by atoms with Gasteiger partial charge in [-0.3, -0.25) is 0 Å². The molecule has 0 saturated heterocycles. The second-order valence-electron chi connectivity index (χ2n) is 2.75. The number of halogens is 5. The summed E-state index contributed by atoms with van der Waals surface area (Å²) in [5.74, 6) is -10.3. The van der Waals surface area contributed by atoms with E-state index in [0.717, 1.165) is 0 Å². The normalized spacial score (nSPS) is 27.2. The van der Waals surface area contributed by atoms with Crippen molar-refractivity contribution in [3.63, 3.8) is 0 Å². The fourth-order valence-corrected chi connectivity index (χ4v) is 4.14. The van der Waals surface area contributed by atoms with E-state index < -0.39 is 57.6 Å². The minimum atomic E-state index is -5.72. The zero-order valence-electron chi connectivity index (χ0n) is 7.06. The Kier molecular flexibility index (Phi) is 2.28. The van der Waals surface area contributed by atoms with E-state index in [0.29, 0.717) is 0 Å². The van der Waals surface area contributed by atoms with Crippen LogP contribution in [-0.4, -0.2) is 9.41 Å². The molecule has 2 rings (SSSR count). The number of hydrogen-bond donors (Lipinski definition) is 1. The molecule has 1 aromatic rings. The van der Waals surface area contributed by atoms with Crippen LogP contribution in [0.1, 0.15) is 10.4 Å². The summed E-state index contributed by atoms with van der Waals surface area (Å²) in [4.78, 5) is 10.9. The van der Waals surface area contributed by atoms with Crippen molar-refractivity contribution in [2.75, 3.05) is 0 Å². The summed E-state index contributed by atoms with van der Waals surface area (Å²) in [5.41, 5.74) is -1.36.